The highest BCUT2D eigenvalue weighted by atomic mass is 16.2. The highest BCUT2D eigenvalue weighted by Gasteiger charge is 2.30. The number of aryl methyl sites for hydroxylation is 1. The molecule has 0 aromatic carbocycles. The lowest BCUT2D eigenvalue weighted by molar-refractivity contribution is -0.136. The SMILES string of the molecule is CC[C@@H]1CN(C(=O)C(C)C)CC[C@@H]1NCc1cn[nH]c1C. The monoisotopic (exact) mass is 292 g/mol. The van der Waals surface area contributed by atoms with Crippen molar-refractivity contribution < 1.29 is 4.79 Å². The molecule has 0 bridgehead atoms. The lowest BCUT2D eigenvalue weighted by atomic mass is 9.89. The molecule has 1 aliphatic rings. The van der Waals surface area contributed by atoms with Crippen molar-refractivity contribution in [3.63, 3.8) is 0 Å². The minimum absolute atomic E-state index is 0.0978. The fraction of sp³-hybridized carbons (Fsp3) is 0.750. The van der Waals surface area contributed by atoms with E-state index in [1.54, 1.807) is 0 Å². The zero-order valence-electron chi connectivity index (χ0n) is 13.6. The number of carbonyl (C=O) groups is 1. The van der Waals surface area contributed by atoms with Gasteiger partial charge in [0.1, 0.15) is 0 Å². The van der Waals surface area contributed by atoms with Crippen molar-refractivity contribution in [2.75, 3.05) is 13.1 Å². The Bertz CT molecular complexity index is 469. The fourth-order valence-corrected chi connectivity index (χ4v) is 3.07. The number of nitrogens with zero attached hydrogens (tertiary/aromatic N) is 2. The molecule has 0 saturated carbocycles. The first-order valence-corrected chi connectivity index (χ1v) is 8.04. The van der Waals surface area contributed by atoms with Crippen LogP contribution in [0.5, 0.6) is 0 Å². The lowest BCUT2D eigenvalue weighted by Gasteiger charge is -2.39. The van der Waals surface area contributed by atoms with Crippen molar-refractivity contribution in [3.05, 3.63) is 17.5 Å². The van der Waals surface area contributed by atoms with Gasteiger partial charge in [0.2, 0.25) is 5.91 Å². The molecule has 2 rings (SSSR count). The highest BCUT2D eigenvalue weighted by molar-refractivity contribution is 5.78. The van der Waals surface area contributed by atoms with Crippen molar-refractivity contribution >= 4 is 5.91 Å². The quantitative estimate of drug-likeness (QED) is 0.873. The van der Waals surface area contributed by atoms with E-state index in [1.807, 2.05) is 31.9 Å². The van der Waals surface area contributed by atoms with Gasteiger partial charge in [-0.05, 0) is 19.3 Å². The number of hydrogen-bond donors (Lipinski definition) is 2. The van der Waals surface area contributed by atoms with Gasteiger partial charge in [0, 0.05) is 42.9 Å². The minimum atomic E-state index is 0.0978. The molecule has 2 heterocycles. The summed E-state index contributed by atoms with van der Waals surface area (Å²) in [4.78, 5) is 14.2. The molecule has 0 radical (unpaired) electrons. The molecule has 1 saturated heterocycles. The third kappa shape index (κ3) is 3.84. The Morgan fingerprint density at radius 3 is 2.90 bits per heavy atom. The Morgan fingerprint density at radius 1 is 1.57 bits per heavy atom. The summed E-state index contributed by atoms with van der Waals surface area (Å²) in [7, 11) is 0. The Kier molecular flexibility index (Phi) is 5.39. The van der Waals surface area contributed by atoms with Crippen LogP contribution < -0.4 is 5.32 Å². The summed E-state index contributed by atoms with van der Waals surface area (Å²) in [5.74, 6) is 0.923. The Morgan fingerprint density at radius 2 is 2.33 bits per heavy atom. The van der Waals surface area contributed by atoms with Crippen LogP contribution >= 0.6 is 0 Å². The van der Waals surface area contributed by atoms with E-state index in [1.165, 1.54) is 5.56 Å². The molecule has 2 N–H and O–H groups in total. The predicted octanol–water partition coefficient (Wildman–Crippen LogP) is 2.09. The maximum absolute atomic E-state index is 12.1. The summed E-state index contributed by atoms with van der Waals surface area (Å²) >= 11 is 0. The second kappa shape index (κ2) is 7.07. The van der Waals surface area contributed by atoms with Gasteiger partial charge in [-0.2, -0.15) is 5.10 Å². The zero-order chi connectivity index (χ0) is 15.4. The van der Waals surface area contributed by atoms with Crippen LogP contribution in [0.4, 0.5) is 0 Å². The van der Waals surface area contributed by atoms with Crippen molar-refractivity contribution in [2.24, 2.45) is 11.8 Å². The number of nitrogens with one attached hydrogen (secondary N) is 2. The van der Waals surface area contributed by atoms with Crippen LogP contribution in [0, 0.1) is 18.8 Å². The number of piperidine rings is 1. The molecule has 0 aliphatic carbocycles. The van der Waals surface area contributed by atoms with Crippen LogP contribution in [-0.2, 0) is 11.3 Å². The first-order valence-electron chi connectivity index (χ1n) is 8.04. The van der Waals surface area contributed by atoms with E-state index in [-0.39, 0.29) is 11.8 Å². The van der Waals surface area contributed by atoms with Crippen LogP contribution in [-0.4, -0.2) is 40.1 Å². The molecule has 5 heteroatoms. The van der Waals surface area contributed by atoms with Crippen molar-refractivity contribution in [1.82, 2.24) is 20.4 Å². The fourth-order valence-electron chi connectivity index (χ4n) is 3.07. The van der Waals surface area contributed by atoms with Gasteiger partial charge < -0.3 is 10.2 Å². The first-order chi connectivity index (χ1) is 10.0. The van der Waals surface area contributed by atoms with E-state index in [0.29, 0.717) is 12.0 Å². The second-order valence-corrected chi connectivity index (χ2v) is 6.40. The Hall–Kier alpha value is -1.36. The maximum Gasteiger partial charge on any atom is 0.225 e. The molecule has 1 aliphatic heterocycles. The summed E-state index contributed by atoms with van der Waals surface area (Å²) in [6.45, 7) is 10.8. The normalized spacial score (nSPS) is 22.8. The summed E-state index contributed by atoms with van der Waals surface area (Å²) in [5.41, 5.74) is 2.36. The molecule has 5 nitrogen and oxygen atoms in total. The van der Waals surface area contributed by atoms with Gasteiger partial charge in [-0.15, -0.1) is 0 Å². The zero-order valence-corrected chi connectivity index (χ0v) is 13.6. The molecule has 1 fully saturated rings. The average molecular weight is 292 g/mol. The van der Waals surface area contributed by atoms with E-state index in [0.717, 1.165) is 38.2 Å². The van der Waals surface area contributed by atoms with Crippen LogP contribution in [0.15, 0.2) is 6.20 Å². The smallest absolute Gasteiger partial charge is 0.225 e. The van der Waals surface area contributed by atoms with Gasteiger partial charge in [-0.25, -0.2) is 0 Å². The van der Waals surface area contributed by atoms with Crippen LogP contribution in [0.1, 0.15) is 44.9 Å². The first kappa shape index (κ1) is 16.0. The third-order valence-electron chi connectivity index (χ3n) is 4.55. The van der Waals surface area contributed by atoms with Gasteiger partial charge in [0.05, 0.1) is 6.20 Å². The summed E-state index contributed by atoms with van der Waals surface area (Å²) < 4.78 is 0. The lowest BCUT2D eigenvalue weighted by Crippen LogP contribution is -2.51. The highest BCUT2D eigenvalue weighted by Crippen LogP contribution is 2.22. The summed E-state index contributed by atoms with van der Waals surface area (Å²) in [6, 6.07) is 0.487. The molecule has 0 spiro atoms. The van der Waals surface area contributed by atoms with Crippen LogP contribution in [0.2, 0.25) is 0 Å². The van der Waals surface area contributed by atoms with Crippen molar-refractivity contribution in [2.45, 2.75) is 53.1 Å². The van der Waals surface area contributed by atoms with E-state index in [2.05, 4.69) is 22.4 Å². The van der Waals surface area contributed by atoms with Gasteiger partial charge >= 0.3 is 0 Å². The molecule has 0 unspecified atom stereocenters. The second-order valence-electron chi connectivity index (χ2n) is 6.40. The van der Waals surface area contributed by atoms with E-state index >= 15 is 0 Å². The molecule has 1 amide bonds. The van der Waals surface area contributed by atoms with Crippen molar-refractivity contribution in [1.29, 1.82) is 0 Å². The largest absolute Gasteiger partial charge is 0.342 e. The predicted molar refractivity (Wildman–Crippen MR) is 83.8 cm³/mol. The number of carbonyl (C=O) groups excluding carboxylic acids is 1. The molecular weight excluding hydrogens is 264 g/mol. The van der Waals surface area contributed by atoms with Crippen LogP contribution in [0.3, 0.4) is 0 Å². The molecule has 1 aromatic heterocycles. The number of hydrogen-bond acceptors (Lipinski definition) is 3. The third-order valence-corrected chi connectivity index (χ3v) is 4.55. The van der Waals surface area contributed by atoms with Gasteiger partial charge in [-0.1, -0.05) is 27.2 Å². The topological polar surface area (TPSA) is 61.0 Å². The van der Waals surface area contributed by atoms with Gasteiger partial charge in [-0.3, -0.25) is 9.89 Å². The number of rotatable bonds is 5. The minimum Gasteiger partial charge on any atom is -0.342 e. The van der Waals surface area contributed by atoms with Gasteiger partial charge in [0.25, 0.3) is 0 Å². The number of amides is 1. The molecule has 1 aromatic rings. The molecule has 2 atom stereocenters. The summed E-state index contributed by atoms with van der Waals surface area (Å²) in [6.07, 6.45) is 4.03. The molecular formula is C16H28N4O. The van der Waals surface area contributed by atoms with E-state index < -0.39 is 0 Å². The van der Waals surface area contributed by atoms with Crippen molar-refractivity contribution in [3.8, 4) is 0 Å². The molecule has 118 valence electrons. The molecule has 21 heavy (non-hydrogen) atoms. The van der Waals surface area contributed by atoms with Gasteiger partial charge in [0.15, 0.2) is 0 Å². The van der Waals surface area contributed by atoms with Crippen LogP contribution in [0.25, 0.3) is 0 Å². The Balaban J connectivity index is 1.90. The average Bonchev–Trinajstić information content (AvgIpc) is 2.89. The van der Waals surface area contributed by atoms with E-state index in [4.69, 9.17) is 0 Å². The summed E-state index contributed by atoms with van der Waals surface area (Å²) in [5, 5.41) is 10.7. The number of H-pyrrole nitrogens is 1. The standard InChI is InChI=1S/C16H28N4O/c1-5-13-10-20(16(21)11(2)3)7-6-15(13)17-8-14-9-18-19-12(14)4/h9,11,13,15,17H,5-8,10H2,1-4H3,(H,18,19)/t13-,15+/m1/s1. The number of likely N-dealkylation sites (tertiary alicyclic amines) is 1. The maximum atomic E-state index is 12.1. The Labute approximate surface area is 127 Å². The number of aromatic nitrogens is 2. The number of aromatic amines is 1. The van der Waals surface area contributed by atoms with E-state index in [9.17, 15) is 4.79 Å².